The molecule has 2 aliphatic heterocycles. The molecule has 0 spiro atoms. The van der Waals surface area contributed by atoms with Gasteiger partial charge in [0.2, 0.25) is 17.8 Å². The van der Waals surface area contributed by atoms with Crippen molar-refractivity contribution in [1.29, 1.82) is 0 Å². The number of fused-ring (bicyclic) bond motifs is 1. The lowest BCUT2D eigenvalue weighted by Crippen LogP contribution is -2.48. The van der Waals surface area contributed by atoms with E-state index >= 15 is 0 Å². The maximum atomic E-state index is 13.2. The van der Waals surface area contributed by atoms with Gasteiger partial charge in [0.1, 0.15) is 11.9 Å². The molecule has 10 heteroatoms. The van der Waals surface area contributed by atoms with Crippen LogP contribution in [0.2, 0.25) is 0 Å². The minimum Gasteiger partial charge on any atom is -0.350 e. The Hall–Kier alpha value is -3.17. The van der Waals surface area contributed by atoms with E-state index in [1.165, 1.54) is 0 Å². The third kappa shape index (κ3) is 4.45. The van der Waals surface area contributed by atoms with Crippen molar-refractivity contribution in [2.24, 2.45) is 0 Å². The molecule has 10 nitrogen and oxygen atoms in total. The molecule has 1 aliphatic carbocycles. The molecule has 5 rings (SSSR count). The van der Waals surface area contributed by atoms with Gasteiger partial charge in [0.05, 0.1) is 5.69 Å². The van der Waals surface area contributed by atoms with Gasteiger partial charge in [-0.15, -0.1) is 0 Å². The zero-order chi connectivity index (χ0) is 23.8. The number of hydrogen-bond acceptors (Lipinski definition) is 7. The second-order valence-electron chi connectivity index (χ2n) is 9.95. The topological polar surface area (TPSA) is 119 Å². The molecule has 3 N–H and O–H groups in total. The van der Waals surface area contributed by atoms with Crippen molar-refractivity contribution in [2.75, 3.05) is 29.9 Å². The SMILES string of the molecule is CC(=O)N1CC[C@H](NC(=O)[C@H]2CCCN2c2nc3c(c(Nc4cc(C(C)C)[nH]n4)n2)CCC3)C1. The van der Waals surface area contributed by atoms with Crippen LogP contribution >= 0.6 is 0 Å². The van der Waals surface area contributed by atoms with Crippen molar-refractivity contribution in [1.82, 2.24) is 30.4 Å². The lowest BCUT2D eigenvalue weighted by Gasteiger charge is -2.26. The van der Waals surface area contributed by atoms with E-state index in [1.807, 2.05) is 11.0 Å². The normalized spacial score (nSPS) is 21.9. The van der Waals surface area contributed by atoms with Gasteiger partial charge < -0.3 is 20.4 Å². The number of hydrogen-bond donors (Lipinski definition) is 3. The summed E-state index contributed by atoms with van der Waals surface area (Å²) in [5.74, 6) is 2.56. The van der Waals surface area contributed by atoms with E-state index in [4.69, 9.17) is 9.97 Å². The smallest absolute Gasteiger partial charge is 0.243 e. The summed E-state index contributed by atoms with van der Waals surface area (Å²) in [7, 11) is 0. The van der Waals surface area contributed by atoms with Crippen molar-refractivity contribution in [3.8, 4) is 0 Å². The predicted octanol–water partition coefficient (Wildman–Crippen LogP) is 2.26. The van der Waals surface area contributed by atoms with Crippen molar-refractivity contribution in [3.05, 3.63) is 23.0 Å². The van der Waals surface area contributed by atoms with Crippen LogP contribution in [-0.2, 0) is 22.4 Å². The first-order valence-electron chi connectivity index (χ1n) is 12.4. The Kier molecular flexibility index (Phi) is 6.14. The Morgan fingerprint density at radius 3 is 2.74 bits per heavy atom. The summed E-state index contributed by atoms with van der Waals surface area (Å²) in [5, 5.41) is 14.1. The zero-order valence-corrected chi connectivity index (χ0v) is 20.2. The minimum atomic E-state index is -0.295. The van der Waals surface area contributed by atoms with E-state index in [1.54, 1.807) is 11.8 Å². The largest absolute Gasteiger partial charge is 0.350 e. The van der Waals surface area contributed by atoms with Gasteiger partial charge in [-0.05, 0) is 44.4 Å². The maximum absolute atomic E-state index is 13.2. The number of nitrogens with zero attached hydrogens (tertiary/aromatic N) is 5. The summed E-state index contributed by atoms with van der Waals surface area (Å²) >= 11 is 0. The Morgan fingerprint density at radius 2 is 2.00 bits per heavy atom. The first-order valence-corrected chi connectivity index (χ1v) is 12.4. The first-order chi connectivity index (χ1) is 16.4. The van der Waals surface area contributed by atoms with E-state index in [0.717, 1.165) is 73.7 Å². The Labute approximate surface area is 199 Å². The Morgan fingerprint density at radius 1 is 1.15 bits per heavy atom. The Bertz CT molecular complexity index is 1080. The second kappa shape index (κ2) is 9.23. The van der Waals surface area contributed by atoms with Gasteiger partial charge in [-0.25, -0.2) is 4.98 Å². The summed E-state index contributed by atoms with van der Waals surface area (Å²) in [6.45, 7) is 7.86. The molecule has 0 bridgehead atoms. The molecule has 2 amide bonds. The molecule has 2 aromatic rings. The fourth-order valence-electron chi connectivity index (χ4n) is 5.21. The molecule has 4 heterocycles. The average Bonchev–Trinajstić information content (AvgIpc) is 3.59. The van der Waals surface area contributed by atoms with Crippen molar-refractivity contribution < 1.29 is 9.59 Å². The average molecular weight is 467 g/mol. The molecule has 2 atom stereocenters. The van der Waals surface area contributed by atoms with E-state index in [9.17, 15) is 9.59 Å². The molecule has 0 unspecified atom stereocenters. The third-order valence-electron chi connectivity index (χ3n) is 7.18. The van der Waals surface area contributed by atoms with Crippen LogP contribution in [0.15, 0.2) is 6.07 Å². The van der Waals surface area contributed by atoms with E-state index < -0.39 is 0 Å². The van der Waals surface area contributed by atoms with Crippen LogP contribution in [0.3, 0.4) is 0 Å². The lowest BCUT2D eigenvalue weighted by molar-refractivity contribution is -0.128. The number of aromatic amines is 1. The van der Waals surface area contributed by atoms with Gasteiger partial charge >= 0.3 is 0 Å². The van der Waals surface area contributed by atoms with E-state index in [2.05, 4.69) is 34.7 Å². The highest BCUT2D eigenvalue weighted by atomic mass is 16.2. The van der Waals surface area contributed by atoms with Crippen LogP contribution in [0.25, 0.3) is 0 Å². The standard InChI is InChI=1S/C24H34N8O2/c1-14(2)19-12-21(30-29-19)27-22-17-6-4-7-18(17)26-24(28-22)32-10-5-8-20(32)23(34)25-16-9-11-31(13-16)15(3)33/h12,14,16,20H,4-11,13H2,1-3H3,(H,25,34)(H2,26,27,28,29,30)/t16-,20+/m0/s1. The van der Waals surface area contributed by atoms with E-state index in [-0.39, 0.29) is 23.9 Å². The molecule has 2 saturated heterocycles. The summed E-state index contributed by atoms with van der Waals surface area (Å²) in [6.07, 6.45) is 5.41. The number of aryl methyl sites for hydroxylation is 1. The van der Waals surface area contributed by atoms with Gasteiger partial charge in [-0.1, -0.05) is 13.8 Å². The molecule has 0 saturated carbocycles. The molecule has 0 radical (unpaired) electrons. The molecule has 3 aliphatic rings. The fourth-order valence-corrected chi connectivity index (χ4v) is 5.21. The number of rotatable bonds is 6. The molecule has 2 aromatic heterocycles. The van der Waals surface area contributed by atoms with Crippen molar-refractivity contribution in [3.63, 3.8) is 0 Å². The number of anilines is 3. The molecule has 0 aromatic carbocycles. The number of likely N-dealkylation sites (tertiary alicyclic amines) is 1. The monoisotopic (exact) mass is 466 g/mol. The van der Waals surface area contributed by atoms with Crippen molar-refractivity contribution >= 4 is 29.4 Å². The van der Waals surface area contributed by atoms with Gasteiger partial charge in [-0.3, -0.25) is 14.7 Å². The van der Waals surface area contributed by atoms with Crippen LogP contribution in [0, 0.1) is 0 Å². The molecule has 34 heavy (non-hydrogen) atoms. The number of carbonyl (C=O) groups is 2. The lowest BCUT2D eigenvalue weighted by atomic mass is 10.1. The summed E-state index contributed by atoms with van der Waals surface area (Å²) in [4.78, 5) is 38.4. The predicted molar refractivity (Wildman–Crippen MR) is 129 cm³/mol. The second-order valence-corrected chi connectivity index (χ2v) is 9.95. The van der Waals surface area contributed by atoms with Crippen LogP contribution in [0.5, 0.6) is 0 Å². The number of amides is 2. The van der Waals surface area contributed by atoms with Crippen molar-refractivity contribution in [2.45, 2.75) is 77.3 Å². The number of H-pyrrole nitrogens is 1. The van der Waals surface area contributed by atoms with Crippen LogP contribution in [-0.4, -0.2) is 68.6 Å². The highest BCUT2D eigenvalue weighted by Gasteiger charge is 2.36. The minimum absolute atomic E-state index is 0.000358. The number of aromatic nitrogens is 4. The van der Waals surface area contributed by atoms with Gasteiger partial charge in [0.25, 0.3) is 0 Å². The molecule has 2 fully saturated rings. The van der Waals surface area contributed by atoms with Gasteiger partial charge in [0.15, 0.2) is 5.82 Å². The Balaban J connectivity index is 1.34. The first kappa shape index (κ1) is 22.6. The zero-order valence-electron chi connectivity index (χ0n) is 20.2. The van der Waals surface area contributed by atoms with E-state index in [0.29, 0.717) is 25.0 Å². The number of carbonyl (C=O) groups excluding carboxylic acids is 2. The maximum Gasteiger partial charge on any atom is 0.243 e. The molecular formula is C24H34N8O2. The van der Waals surface area contributed by atoms with Gasteiger partial charge in [0, 0.05) is 49.9 Å². The van der Waals surface area contributed by atoms with Crippen LogP contribution < -0.4 is 15.5 Å². The highest BCUT2D eigenvalue weighted by molar-refractivity contribution is 5.86. The van der Waals surface area contributed by atoms with Gasteiger partial charge in [-0.2, -0.15) is 10.1 Å². The summed E-state index contributed by atoms with van der Waals surface area (Å²) in [6, 6.07) is 1.73. The van der Waals surface area contributed by atoms with Crippen LogP contribution in [0.4, 0.5) is 17.6 Å². The quantitative estimate of drug-likeness (QED) is 0.597. The van der Waals surface area contributed by atoms with Crippen LogP contribution in [0.1, 0.15) is 69.3 Å². The third-order valence-corrected chi connectivity index (χ3v) is 7.18. The molecular weight excluding hydrogens is 432 g/mol. The fraction of sp³-hybridized carbons (Fsp3) is 0.625. The highest BCUT2D eigenvalue weighted by Crippen LogP contribution is 2.32. The molecule has 182 valence electrons. The summed E-state index contributed by atoms with van der Waals surface area (Å²) in [5.41, 5.74) is 3.28. The summed E-state index contributed by atoms with van der Waals surface area (Å²) < 4.78 is 0. The number of nitrogens with one attached hydrogen (secondary N) is 3.